The molecule has 66 valence electrons. The zero-order chi connectivity index (χ0) is 8.48. The van der Waals surface area contributed by atoms with Gasteiger partial charge in [0.2, 0.25) is 0 Å². The Balaban J connectivity index is 2.28. The van der Waals surface area contributed by atoms with Gasteiger partial charge in [-0.25, -0.2) is 0 Å². The first-order valence-electron chi connectivity index (χ1n) is 4.33. The van der Waals surface area contributed by atoms with Crippen LogP contribution < -0.4 is 5.73 Å². The molecule has 1 nitrogen and oxygen atoms in total. The van der Waals surface area contributed by atoms with Crippen molar-refractivity contribution in [1.82, 2.24) is 0 Å². The zero-order valence-corrected chi connectivity index (χ0v) is 8.58. The monoisotopic (exact) mass is 173 g/mol. The molecule has 0 aromatic heterocycles. The lowest BCUT2D eigenvalue weighted by molar-refractivity contribution is 0.533. The lowest BCUT2D eigenvalue weighted by atomic mass is 10.1. The Morgan fingerprint density at radius 1 is 1.36 bits per heavy atom. The number of hydrogen-bond acceptors (Lipinski definition) is 2. The topological polar surface area (TPSA) is 26.0 Å². The summed E-state index contributed by atoms with van der Waals surface area (Å²) >= 11 is 1.94. The van der Waals surface area contributed by atoms with Gasteiger partial charge in [0.1, 0.15) is 0 Å². The first kappa shape index (κ1) is 9.40. The Hall–Kier alpha value is 0.310. The van der Waals surface area contributed by atoms with Crippen molar-refractivity contribution in [1.29, 1.82) is 0 Å². The second-order valence-electron chi connectivity index (χ2n) is 4.05. The molecule has 2 N–H and O–H groups in total. The molecule has 0 aliphatic heterocycles. The summed E-state index contributed by atoms with van der Waals surface area (Å²) in [7, 11) is 0. The molecule has 2 atom stereocenters. The fraction of sp³-hybridized carbons (Fsp3) is 1.00. The van der Waals surface area contributed by atoms with Gasteiger partial charge in [0.25, 0.3) is 0 Å². The van der Waals surface area contributed by atoms with Gasteiger partial charge in [-0.15, -0.1) is 0 Å². The third-order valence-corrected chi connectivity index (χ3v) is 3.82. The largest absolute Gasteiger partial charge is 0.330 e. The second kappa shape index (κ2) is 3.36. The Labute approximate surface area is 74.1 Å². The van der Waals surface area contributed by atoms with Crippen LogP contribution in [0.15, 0.2) is 0 Å². The van der Waals surface area contributed by atoms with Crippen LogP contribution in [0.3, 0.4) is 0 Å². The van der Waals surface area contributed by atoms with Crippen LogP contribution >= 0.6 is 11.8 Å². The third-order valence-electron chi connectivity index (χ3n) is 3.17. The SMILES string of the molecule is CSCCC1C(CN)C1(C)C. The molecule has 1 saturated carbocycles. The molecule has 2 heteroatoms. The Morgan fingerprint density at radius 2 is 2.00 bits per heavy atom. The summed E-state index contributed by atoms with van der Waals surface area (Å²) in [5.41, 5.74) is 6.21. The van der Waals surface area contributed by atoms with Gasteiger partial charge in [0.15, 0.2) is 0 Å². The lowest BCUT2D eigenvalue weighted by Crippen LogP contribution is -2.05. The smallest absolute Gasteiger partial charge is 0.00408 e. The summed E-state index contributed by atoms with van der Waals surface area (Å²) < 4.78 is 0. The third kappa shape index (κ3) is 1.73. The molecule has 1 rings (SSSR count). The highest BCUT2D eigenvalue weighted by Crippen LogP contribution is 2.59. The summed E-state index contributed by atoms with van der Waals surface area (Å²) in [4.78, 5) is 0. The van der Waals surface area contributed by atoms with Crippen LogP contribution in [0.2, 0.25) is 0 Å². The van der Waals surface area contributed by atoms with Gasteiger partial charge < -0.3 is 5.73 Å². The van der Waals surface area contributed by atoms with Crippen LogP contribution in [0.4, 0.5) is 0 Å². The number of nitrogens with two attached hydrogens (primary N) is 1. The van der Waals surface area contributed by atoms with Gasteiger partial charge in [-0.05, 0) is 42.2 Å². The zero-order valence-electron chi connectivity index (χ0n) is 7.76. The Kier molecular flexibility index (Phi) is 2.87. The van der Waals surface area contributed by atoms with Gasteiger partial charge in [0, 0.05) is 0 Å². The van der Waals surface area contributed by atoms with Crippen molar-refractivity contribution in [2.45, 2.75) is 20.3 Å². The molecule has 0 heterocycles. The molecule has 1 fully saturated rings. The van der Waals surface area contributed by atoms with Crippen molar-refractivity contribution in [3.63, 3.8) is 0 Å². The normalized spacial score (nSPS) is 33.8. The van der Waals surface area contributed by atoms with Crippen LogP contribution in [0.5, 0.6) is 0 Å². The van der Waals surface area contributed by atoms with E-state index in [1.54, 1.807) is 0 Å². The fourth-order valence-corrected chi connectivity index (χ4v) is 2.63. The van der Waals surface area contributed by atoms with Crippen LogP contribution in [0.25, 0.3) is 0 Å². The van der Waals surface area contributed by atoms with Crippen molar-refractivity contribution in [3.05, 3.63) is 0 Å². The maximum Gasteiger partial charge on any atom is -0.00408 e. The second-order valence-corrected chi connectivity index (χ2v) is 5.04. The predicted octanol–water partition coefficient (Wildman–Crippen LogP) is 1.97. The van der Waals surface area contributed by atoms with E-state index in [4.69, 9.17) is 5.73 Å². The van der Waals surface area contributed by atoms with E-state index in [2.05, 4.69) is 20.1 Å². The maximum absolute atomic E-state index is 5.66. The van der Waals surface area contributed by atoms with E-state index in [-0.39, 0.29) is 0 Å². The lowest BCUT2D eigenvalue weighted by Gasteiger charge is -2.00. The quantitative estimate of drug-likeness (QED) is 0.703. The van der Waals surface area contributed by atoms with E-state index in [9.17, 15) is 0 Å². The van der Waals surface area contributed by atoms with Crippen LogP contribution in [0.1, 0.15) is 20.3 Å². The van der Waals surface area contributed by atoms with Crippen molar-refractivity contribution in [2.24, 2.45) is 23.0 Å². The molecular formula is C9H19NS. The molecule has 11 heavy (non-hydrogen) atoms. The van der Waals surface area contributed by atoms with Crippen LogP contribution in [0, 0.1) is 17.3 Å². The van der Waals surface area contributed by atoms with E-state index < -0.39 is 0 Å². The standard InChI is InChI=1S/C9H19NS/c1-9(2)7(4-5-11-3)8(9)6-10/h7-8H,4-6,10H2,1-3H3. The molecule has 0 spiro atoms. The molecule has 2 unspecified atom stereocenters. The minimum atomic E-state index is 0.546. The minimum absolute atomic E-state index is 0.546. The molecule has 0 radical (unpaired) electrons. The average Bonchev–Trinajstić information content (AvgIpc) is 2.48. The summed E-state index contributed by atoms with van der Waals surface area (Å²) in [5, 5.41) is 0. The molecular weight excluding hydrogens is 154 g/mol. The summed E-state index contributed by atoms with van der Waals surface area (Å²) in [5.74, 6) is 3.00. The first-order chi connectivity index (χ1) is 5.14. The molecule has 0 bridgehead atoms. The van der Waals surface area contributed by atoms with Gasteiger partial charge >= 0.3 is 0 Å². The van der Waals surface area contributed by atoms with Crippen molar-refractivity contribution >= 4 is 11.8 Å². The highest BCUT2D eigenvalue weighted by Gasteiger charge is 2.55. The Morgan fingerprint density at radius 3 is 2.36 bits per heavy atom. The van der Waals surface area contributed by atoms with Gasteiger partial charge in [-0.3, -0.25) is 0 Å². The van der Waals surface area contributed by atoms with Crippen LogP contribution in [-0.2, 0) is 0 Å². The van der Waals surface area contributed by atoms with Crippen molar-refractivity contribution < 1.29 is 0 Å². The van der Waals surface area contributed by atoms with E-state index in [0.717, 1.165) is 18.4 Å². The number of rotatable bonds is 4. The van der Waals surface area contributed by atoms with E-state index in [1.807, 2.05) is 11.8 Å². The maximum atomic E-state index is 5.66. The number of thioether (sulfide) groups is 1. The van der Waals surface area contributed by atoms with Gasteiger partial charge in [-0.2, -0.15) is 11.8 Å². The van der Waals surface area contributed by atoms with Crippen molar-refractivity contribution in [3.8, 4) is 0 Å². The predicted molar refractivity (Wildman–Crippen MR) is 52.8 cm³/mol. The van der Waals surface area contributed by atoms with Gasteiger partial charge in [-0.1, -0.05) is 13.8 Å². The summed E-state index contributed by atoms with van der Waals surface area (Å²) in [6, 6.07) is 0. The first-order valence-corrected chi connectivity index (χ1v) is 5.73. The fourth-order valence-electron chi connectivity index (χ4n) is 2.14. The van der Waals surface area contributed by atoms with Crippen LogP contribution in [-0.4, -0.2) is 18.6 Å². The number of hydrogen-bond donors (Lipinski definition) is 1. The summed E-state index contributed by atoms with van der Waals surface area (Å²) in [6.07, 6.45) is 3.53. The molecule has 0 amide bonds. The van der Waals surface area contributed by atoms with Gasteiger partial charge in [0.05, 0.1) is 0 Å². The van der Waals surface area contributed by atoms with E-state index in [0.29, 0.717) is 5.41 Å². The molecule has 1 aliphatic carbocycles. The molecule has 0 aromatic carbocycles. The molecule has 1 aliphatic rings. The molecule has 0 aromatic rings. The highest BCUT2D eigenvalue weighted by molar-refractivity contribution is 7.98. The molecule has 0 saturated heterocycles. The van der Waals surface area contributed by atoms with E-state index >= 15 is 0 Å². The average molecular weight is 173 g/mol. The highest BCUT2D eigenvalue weighted by atomic mass is 32.2. The minimum Gasteiger partial charge on any atom is -0.330 e. The Bertz CT molecular complexity index is 134. The van der Waals surface area contributed by atoms with E-state index in [1.165, 1.54) is 12.2 Å². The van der Waals surface area contributed by atoms with Crippen molar-refractivity contribution in [2.75, 3.05) is 18.6 Å². The summed E-state index contributed by atoms with van der Waals surface area (Å²) in [6.45, 7) is 5.57.